The quantitative estimate of drug-likeness (QED) is 0.699. The molecule has 0 unspecified atom stereocenters. The minimum Gasteiger partial charge on any atom is -0.454 e. The van der Waals surface area contributed by atoms with Crippen molar-refractivity contribution in [1.82, 2.24) is 10.2 Å². The van der Waals surface area contributed by atoms with Gasteiger partial charge in [-0.15, -0.1) is 0 Å². The number of carbonyl (C=O) groups is 2. The zero-order chi connectivity index (χ0) is 21.1. The Morgan fingerprint density at radius 3 is 2.50 bits per heavy atom. The maximum Gasteiger partial charge on any atom is 0.321 e. The van der Waals surface area contributed by atoms with Crippen molar-refractivity contribution in [1.29, 1.82) is 0 Å². The van der Waals surface area contributed by atoms with Crippen molar-refractivity contribution in [2.75, 3.05) is 25.2 Å². The lowest BCUT2D eigenvalue weighted by atomic mass is 9.79. The molecular weight excluding hydrogens is 450 g/mol. The molecule has 1 fully saturated rings. The molecule has 0 aliphatic carbocycles. The van der Waals surface area contributed by atoms with Crippen molar-refractivity contribution in [3.8, 4) is 11.5 Å². The maximum atomic E-state index is 12.8. The predicted octanol–water partition coefficient (Wildman–Crippen LogP) is 4.13. The number of fused-ring (bicyclic) bond motifs is 1. The van der Waals surface area contributed by atoms with Gasteiger partial charge in [0.25, 0.3) is 0 Å². The van der Waals surface area contributed by atoms with Gasteiger partial charge >= 0.3 is 6.03 Å². The molecule has 158 valence electrons. The third-order valence-electron chi connectivity index (χ3n) is 5.69. The van der Waals surface area contributed by atoms with E-state index in [1.54, 1.807) is 4.90 Å². The van der Waals surface area contributed by atoms with Gasteiger partial charge in [-0.2, -0.15) is 0 Å². The first-order valence-electron chi connectivity index (χ1n) is 9.91. The molecule has 2 aliphatic rings. The Morgan fingerprint density at radius 2 is 1.77 bits per heavy atom. The molecule has 4 rings (SSSR count). The lowest BCUT2D eigenvalue weighted by molar-refractivity contribution is -0.132. The standard InChI is InChI=1S/C22H24BrN3O4/c1-22(20(27)24-13-15-2-7-18-19(12-15)30-14-29-18)8-10-26(11-9-22)21(28)25-17-5-3-16(23)4-6-17/h2-7,12H,8-11,13-14H2,1H3,(H,24,27)(H,25,28). The molecule has 0 aromatic heterocycles. The second kappa shape index (κ2) is 8.55. The van der Waals surface area contributed by atoms with Crippen LogP contribution in [0.5, 0.6) is 11.5 Å². The molecule has 3 amide bonds. The van der Waals surface area contributed by atoms with Crippen LogP contribution in [0.2, 0.25) is 0 Å². The third-order valence-corrected chi connectivity index (χ3v) is 6.22. The molecule has 0 saturated carbocycles. The van der Waals surface area contributed by atoms with E-state index in [0.29, 0.717) is 38.2 Å². The molecule has 2 aromatic rings. The van der Waals surface area contributed by atoms with Crippen LogP contribution in [0.4, 0.5) is 10.5 Å². The van der Waals surface area contributed by atoms with Crippen molar-refractivity contribution in [2.45, 2.75) is 26.3 Å². The highest BCUT2D eigenvalue weighted by Gasteiger charge is 2.38. The molecule has 8 heteroatoms. The zero-order valence-electron chi connectivity index (χ0n) is 16.7. The molecule has 0 bridgehead atoms. The molecule has 30 heavy (non-hydrogen) atoms. The summed E-state index contributed by atoms with van der Waals surface area (Å²) >= 11 is 3.38. The average Bonchev–Trinajstić information content (AvgIpc) is 3.22. The number of ether oxygens (including phenoxy) is 2. The smallest absolute Gasteiger partial charge is 0.321 e. The molecule has 0 spiro atoms. The van der Waals surface area contributed by atoms with E-state index in [9.17, 15) is 9.59 Å². The van der Waals surface area contributed by atoms with Crippen LogP contribution in [0.15, 0.2) is 46.9 Å². The largest absolute Gasteiger partial charge is 0.454 e. The van der Waals surface area contributed by atoms with Gasteiger partial charge in [0.05, 0.1) is 0 Å². The lowest BCUT2D eigenvalue weighted by Gasteiger charge is -2.38. The Balaban J connectivity index is 1.28. The SMILES string of the molecule is CC1(C(=O)NCc2ccc3c(c2)OCO3)CCN(C(=O)Nc2ccc(Br)cc2)CC1. The predicted molar refractivity (Wildman–Crippen MR) is 116 cm³/mol. The summed E-state index contributed by atoms with van der Waals surface area (Å²) in [5.74, 6) is 1.44. The van der Waals surface area contributed by atoms with Gasteiger partial charge in [0.15, 0.2) is 11.5 Å². The number of benzene rings is 2. The number of urea groups is 1. The number of anilines is 1. The number of hydrogen-bond donors (Lipinski definition) is 2. The monoisotopic (exact) mass is 473 g/mol. The molecular formula is C22H24BrN3O4. The molecule has 0 radical (unpaired) electrons. The minimum absolute atomic E-state index is 0.00753. The van der Waals surface area contributed by atoms with Crippen molar-refractivity contribution in [3.63, 3.8) is 0 Å². The molecule has 0 atom stereocenters. The fourth-order valence-corrected chi connectivity index (χ4v) is 3.88. The molecule has 2 heterocycles. The van der Waals surface area contributed by atoms with E-state index in [0.717, 1.165) is 21.5 Å². The van der Waals surface area contributed by atoms with E-state index in [1.165, 1.54) is 0 Å². The van der Waals surface area contributed by atoms with Gasteiger partial charge in [0.1, 0.15) is 0 Å². The summed E-state index contributed by atoms with van der Waals surface area (Å²) in [6, 6.07) is 13.0. The summed E-state index contributed by atoms with van der Waals surface area (Å²) in [5, 5.41) is 5.94. The second-order valence-electron chi connectivity index (χ2n) is 7.86. The van der Waals surface area contributed by atoms with Gasteiger partial charge in [0, 0.05) is 35.2 Å². The first-order chi connectivity index (χ1) is 14.4. The topological polar surface area (TPSA) is 79.9 Å². The van der Waals surface area contributed by atoms with Crippen LogP contribution in [0.1, 0.15) is 25.3 Å². The Hall–Kier alpha value is -2.74. The van der Waals surface area contributed by atoms with E-state index < -0.39 is 5.41 Å². The van der Waals surface area contributed by atoms with Crippen molar-refractivity contribution >= 4 is 33.6 Å². The van der Waals surface area contributed by atoms with Crippen LogP contribution in [0.3, 0.4) is 0 Å². The number of piperidine rings is 1. The number of nitrogens with one attached hydrogen (secondary N) is 2. The van der Waals surface area contributed by atoms with Gasteiger partial charge in [-0.1, -0.05) is 28.9 Å². The molecule has 7 nitrogen and oxygen atoms in total. The van der Waals surface area contributed by atoms with E-state index in [4.69, 9.17) is 9.47 Å². The first-order valence-corrected chi connectivity index (χ1v) is 10.7. The summed E-state index contributed by atoms with van der Waals surface area (Å²) in [7, 11) is 0. The summed E-state index contributed by atoms with van der Waals surface area (Å²) in [5.41, 5.74) is 1.21. The fourth-order valence-electron chi connectivity index (χ4n) is 3.61. The summed E-state index contributed by atoms with van der Waals surface area (Å²) in [4.78, 5) is 27.1. The van der Waals surface area contributed by atoms with Crippen LogP contribution in [0.25, 0.3) is 0 Å². The summed E-state index contributed by atoms with van der Waals surface area (Å²) < 4.78 is 11.7. The number of nitrogens with zero attached hydrogens (tertiary/aromatic N) is 1. The van der Waals surface area contributed by atoms with Crippen LogP contribution in [-0.2, 0) is 11.3 Å². The minimum atomic E-state index is -0.495. The van der Waals surface area contributed by atoms with Crippen molar-refractivity contribution in [2.24, 2.45) is 5.41 Å². The number of carbonyl (C=O) groups excluding carboxylic acids is 2. The fraction of sp³-hybridized carbons (Fsp3) is 0.364. The summed E-state index contributed by atoms with van der Waals surface area (Å²) in [6.45, 7) is 3.70. The number of likely N-dealkylation sites (tertiary alicyclic amines) is 1. The van der Waals surface area contributed by atoms with Crippen molar-refractivity contribution < 1.29 is 19.1 Å². The van der Waals surface area contributed by atoms with Crippen LogP contribution < -0.4 is 20.1 Å². The highest BCUT2D eigenvalue weighted by atomic mass is 79.9. The summed E-state index contributed by atoms with van der Waals surface area (Å²) in [6.07, 6.45) is 1.24. The Kier molecular flexibility index (Phi) is 5.85. The van der Waals surface area contributed by atoms with E-state index in [1.807, 2.05) is 49.4 Å². The zero-order valence-corrected chi connectivity index (χ0v) is 18.3. The average molecular weight is 474 g/mol. The molecule has 2 aliphatic heterocycles. The van der Waals surface area contributed by atoms with Gasteiger partial charge in [-0.3, -0.25) is 4.79 Å². The Labute approximate surface area is 183 Å². The van der Waals surface area contributed by atoms with Crippen LogP contribution in [0, 0.1) is 5.41 Å². The number of halogens is 1. The number of rotatable bonds is 4. The van der Waals surface area contributed by atoms with Gasteiger partial charge in [0.2, 0.25) is 12.7 Å². The van der Waals surface area contributed by atoms with E-state index in [-0.39, 0.29) is 18.7 Å². The third kappa shape index (κ3) is 4.53. The highest BCUT2D eigenvalue weighted by Crippen LogP contribution is 2.33. The Bertz CT molecular complexity index is 940. The van der Waals surface area contributed by atoms with E-state index in [2.05, 4.69) is 26.6 Å². The number of hydrogen-bond acceptors (Lipinski definition) is 4. The van der Waals surface area contributed by atoms with Gasteiger partial charge in [-0.05, 0) is 54.8 Å². The molecule has 2 aromatic carbocycles. The van der Waals surface area contributed by atoms with Crippen LogP contribution >= 0.6 is 15.9 Å². The highest BCUT2D eigenvalue weighted by molar-refractivity contribution is 9.10. The van der Waals surface area contributed by atoms with Crippen molar-refractivity contribution in [3.05, 3.63) is 52.5 Å². The molecule has 1 saturated heterocycles. The maximum absolute atomic E-state index is 12.8. The first kappa shape index (κ1) is 20.5. The van der Waals surface area contributed by atoms with E-state index >= 15 is 0 Å². The normalized spacial score (nSPS) is 16.8. The Morgan fingerprint density at radius 1 is 1.07 bits per heavy atom. The van der Waals surface area contributed by atoms with Crippen LogP contribution in [-0.4, -0.2) is 36.7 Å². The molecule has 2 N–H and O–H groups in total. The van der Waals surface area contributed by atoms with Gasteiger partial charge in [-0.25, -0.2) is 4.79 Å². The lowest BCUT2D eigenvalue weighted by Crippen LogP contribution is -2.49. The number of amides is 3. The second-order valence-corrected chi connectivity index (χ2v) is 8.77. The van der Waals surface area contributed by atoms with Gasteiger partial charge < -0.3 is 25.0 Å².